The summed E-state index contributed by atoms with van der Waals surface area (Å²) >= 11 is 7.11. The van der Waals surface area contributed by atoms with Crippen LogP contribution in [-0.4, -0.2) is 27.2 Å². The monoisotopic (exact) mass is 298 g/mol. The van der Waals surface area contributed by atoms with Crippen molar-refractivity contribution in [3.63, 3.8) is 0 Å². The van der Waals surface area contributed by atoms with Gasteiger partial charge in [-0.15, -0.1) is 0 Å². The van der Waals surface area contributed by atoms with E-state index in [0.29, 0.717) is 10.2 Å². The lowest BCUT2D eigenvalue weighted by Gasteiger charge is -2.01. The molecule has 6 nitrogen and oxygen atoms in total. The average molecular weight is 299 g/mol. The zero-order chi connectivity index (χ0) is 14.0. The number of thioether (sulfide) groups is 1. The minimum Gasteiger partial charge on any atom is -0.351 e. The fraction of sp³-hybridized carbons (Fsp3) is 0.182. The normalized spacial score (nSPS) is 10.6. The van der Waals surface area contributed by atoms with Crippen LogP contribution in [0.3, 0.4) is 0 Å². The Balaban J connectivity index is 2.15. The number of urea groups is 1. The van der Waals surface area contributed by atoms with Gasteiger partial charge in [-0.1, -0.05) is 23.4 Å². The topological polar surface area (TPSA) is 90.0 Å². The van der Waals surface area contributed by atoms with E-state index < -0.39 is 11.9 Å². The summed E-state index contributed by atoms with van der Waals surface area (Å²) in [5.74, 6) is -0.393. The van der Waals surface area contributed by atoms with Gasteiger partial charge in [0.1, 0.15) is 0 Å². The molecule has 1 aromatic heterocycles. The average Bonchev–Trinajstić information content (AvgIpc) is 2.62. The SMILES string of the molecule is Cn1c(SCC(=O)NC(N)=O)nc2cc(Cl)ccc21. The molecule has 8 heteroatoms. The third-order valence-corrected chi connectivity index (χ3v) is 3.66. The third-order valence-electron chi connectivity index (χ3n) is 2.40. The van der Waals surface area contributed by atoms with E-state index in [0.717, 1.165) is 11.0 Å². The summed E-state index contributed by atoms with van der Waals surface area (Å²) in [6, 6.07) is 4.53. The molecule has 0 saturated heterocycles. The highest BCUT2D eigenvalue weighted by atomic mass is 35.5. The minimum absolute atomic E-state index is 0.0633. The molecule has 0 fully saturated rings. The van der Waals surface area contributed by atoms with E-state index in [9.17, 15) is 9.59 Å². The van der Waals surface area contributed by atoms with Gasteiger partial charge < -0.3 is 10.3 Å². The van der Waals surface area contributed by atoms with Gasteiger partial charge in [0.15, 0.2) is 5.16 Å². The van der Waals surface area contributed by atoms with Gasteiger partial charge in [0, 0.05) is 12.1 Å². The molecule has 0 atom stereocenters. The van der Waals surface area contributed by atoms with Crippen molar-refractivity contribution >= 4 is 46.3 Å². The number of fused-ring (bicyclic) bond motifs is 1. The first-order valence-corrected chi connectivity index (χ1v) is 6.68. The summed E-state index contributed by atoms with van der Waals surface area (Å²) in [5, 5.41) is 3.27. The molecule has 0 bridgehead atoms. The zero-order valence-corrected chi connectivity index (χ0v) is 11.6. The van der Waals surface area contributed by atoms with E-state index in [1.165, 1.54) is 11.8 Å². The number of hydrogen-bond acceptors (Lipinski definition) is 4. The maximum absolute atomic E-state index is 11.3. The third kappa shape index (κ3) is 3.18. The van der Waals surface area contributed by atoms with Gasteiger partial charge in [-0.05, 0) is 18.2 Å². The lowest BCUT2D eigenvalue weighted by Crippen LogP contribution is -2.36. The van der Waals surface area contributed by atoms with Crippen molar-refractivity contribution in [3.8, 4) is 0 Å². The van der Waals surface area contributed by atoms with E-state index >= 15 is 0 Å². The molecule has 3 amide bonds. The number of imidazole rings is 1. The molecule has 1 aromatic carbocycles. The first kappa shape index (κ1) is 13.7. The van der Waals surface area contributed by atoms with Crippen LogP contribution in [0.25, 0.3) is 11.0 Å². The number of aromatic nitrogens is 2. The van der Waals surface area contributed by atoms with Gasteiger partial charge in [0.2, 0.25) is 5.91 Å². The minimum atomic E-state index is -0.859. The van der Waals surface area contributed by atoms with Crippen LogP contribution < -0.4 is 11.1 Å². The van der Waals surface area contributed by atoms with Crippen molar-refractivity contribution in [1.29, 1.82) is 0 Å². The molecule has 3 N–H and O–H groups in total. The zero-order valence-electron chi connectivity index (χ0n) is 10.0. The van der Waals surface area contributed by atoms with Crippen LogP contribution in [0.5, 0.6) is 0 Å². The number of carbonyl (C=O) groups excluding carboxylic acids is 2. The maximum Gasteiger partial charge on any atom is 0.318 e. The van der Waals surface area contributed by atoms with Crippen LogP contribution in [-0.2, 0) is 11.8 Å². The number of imide groups is 1. The number of aryl methyl sites for hydroxylation is 1. The Hall–Kier alpha value is -1.73. The van der Waals surface area contributed by atoms with Crippen molar-refractivity contribution in [2.24, 2.45) is 12.8 Å². The number of halogens is 1. The van der Waals surface area contributed by atoms with Crippen molar-refractivity contribution in [2.75, 3.05) is 5.75 Å². The summed E-state index contributed by atoms with van der Waals surface area (Å²) in [6.07, 6.45) is 0. The van der Waals surface area contributed by atoms with Crippen molar-refractivity contribution in [3.05, 3.63) is 23.2 Å². The van der Waals surface area contributed by atoms with Crippen LogP contribution in [0.2, 0.25) is 5.02 Å². The second-order valence-electron chi connectivity index (χ2n) is 3.79. The molecule has 1 heterocycles. The Labute approximate surface area is 118 Å². The molecule has 0 unspecified atom stereocenters. The largest absolute Gasteiger partial charge is 0.351 e. The van der Waals surface area contributed by atoms with E-state index in [-0.39, 0.29) is 5.75 Å². The smallest absolute Gasteiger partial charge is 0.318 e. The van der Waals surface area contributed by atoms with Crippen molar-refractivity contribution in [1.82, 2.24) is 14.9 Å². The summed E-state index contributed by atoms with van der Waals surface area (Å²) < 4.78 is 1.86. The highest BCUT2D eigenvalue weighted by Gasteiger charge is 2.11. The number of benzene rings is 1. The van der Waals surface area contributed by atoms with Crippen LogP contribution in [0, 0.1) is 0 Å². The standard InChI is InChI=1S/C11H11ClN4O2S/c1-16-8-3-2-6(12)4-7(8)14-11(16)19-5-9(17)15-10(13)18/h2-4H,5H2,1H3,(H3,13,15,17,18). The molecule has 0 aliphatic rings. The first-order chi connectivity index (χ1) is 8.97. The molecule has 100 valence electrons. The predicted octanol–water partition coefficient (Wildman–Crippen LogP) is 1.51. The number of rotatable bonds is 3. The number of nitrogens with zero attached hydrogens (tertiary/aromatic N) is 2. The number of amides is 3. The Morgan fingerprint density at radius 3 is 2.95 bits per heavy atom. The van der Waals surface area contributed by atoms with Gasteiger partial charge in [-0.2, -0.15) is 0 Å². The van der Waals surface area contributed by atoms with Crippen molar-refractivity contribution in [2.45, 2.75) is 5.16 Å². The van der Waals surface area contributed by atoms with Crippen LogP contribution in [0.15, 0.2) is 23.4 Å². The summed E-state index contributed by atoms with van der Waals surface area (Å²) in [5.41, 5.74) is 6.53. The number of nitrogens with two attached hydrogens (primary N) is 1. The van der Waals surface area contributed by atoms with Gasteiger partial charge in [0.05, 0.1) is 16.8 Å². The molecule has 0 saturated carbocycles. The predicted molar refractivity (Wildman–Crippen MR) is 74.2 cm³/mol. The lowest BCUT2D eigenvalue weighted by molar-refractivity contribution is -0.117. The van der Waals surface area contributed by atoms with Gasteiger partial charge in [-0.25, -0.2) is 9.78 Å². The molecule has 19 heavy (non-hydrogen) atoms. The Bertz CT molecular complexity index is 655. The molecular formula is C11H11ClN4O2S. The quantitative estimate of drug-likeness (QED) is 0.841. The number of hydrogen-bond donors (Lipinski definition) is 2. The summed E-state index contributed by atoms with van der Waals surface area (Å²) in [4.78, 5) is 26.2. The van der Waals surface area contributed by atoms with Crippen LogP contribution in [0.1, 0.15) is 0 Å². The highest BCUT2D eigenvalue weighted by Crippen LogP contribution is 2.24. The van der Waals surface area contributed by atoms with E-state index in [2.05, 4.69) is 4.98 Å². The maximum atomic E-state index is 11.3. The molecular weight excluding hydrogens is 288 g/mol. The molecule has 2 aromatic rings. The second-order valence-corrected chi connectivity index (χ2v) is 5.17. The molecule has 0 radical (unpaired) electrons. The number of nitrogens with one attached hydrogen (secondary N) is 1. The number of carbonyl (C=O) groups is 2. The molecule has 0 aliphatic carbocycles. The Morgan fingerprint density at radius 2 is 2.26 bits per heavy atom. The highest BCUT2D eigenvalue weighted by molar-refractivity contribution is 7.99. The summed E-state index contributed by atoms with van der Waals surface area (Å²) in [7, 11) is 1.84. The van der Waals surface area contributed by atoms with E-state index in [4.69, 9.17) is 17.3 Å². The van der Waals surface area contributed by atoms with Crippen LogP contribution in [0.4, 0.5) is 4.79 Å². The van der Waals surface area contributed by atoms with Crippen LogP contribution >= 0.6 is 23.4 Å². The van der Waals surface area contributed by atoms with Gasteiger partial charge in [-0.3, -0.25) is 10.1 Å². The first-order valence-electron chi connectivity index (χ1n) is 5.31. The fourth-order valence-corrected chi connectivity index (χ4v) is 2.54. The summed E-state index contributed by atoms with van der Waals surface area (Å²) in [6.45, 7) is 0. The lowest BCUT2D eigenvalue weighted by atomic mass is 10.3. The van der Waals surface area contributed by atoms with E-state index in [1.54, 1.807) is 12.1 Å². The number of primary amides is 1. The fourth-order valence-electron chi connectivity index (χ4n) is 1.58. The molecule has 0 aliphatic heterocycles. The van der Waals surface area contributed by atoms with E-state index in [1.807, 2.05) is 23.0 Å². The molecule has 2 rings (SSSR count). The van der Waals surface area contributed by atoms with Crippen molar-refractivity contribution < 1.29 is 9.59 Å². The van der Waals surface area contributed by atoms with Gasteiger partial charge in [0.25, 0.3) is 0 Å². The Morgan fingerprint density at radius 1 is 1.53 bits per heavy atom. The molecule has 0 spiro atoms. The second kappa shape index (κ2) is 5.50. The van der Waals surface area contributed by atoms with Gasteiger partial charge >= 0.3 is 6.03 Å². The Kier molecular flexibility index (Phi) is 3.96.